The molecule has 33 heavy (non-hydrogen) atoms. The standard InChI is InChI=1S/C27H39NO4Si/c1-26(2,3)31-25(29)28-19-22(18-21(28)20-30-7)32-33(27(4,5)6,23-14-10-8-11-15-23)24-16-12-9-13-17-24/h8-17,21-22H,18-20H2,1-7H3. The van der Waals surface area contributed by atoms with Crippen molar-refractivity contribution in [3.05, 3.63) is 60.7 Å². The van der Waals surface area contributed by atoms with E-state index in [9.17, 15) is 4.79 Å². The minimum Gasteiger partial charge on any atom is -0.444 e. The molecule has 1 saturated heterocycles. The van der Waals surface area contributed by atoms with Gasteiger partial charge in [-0.15, -0.1) is 0 Å². The van der Waals surface area contributed by atoms with Crippen molar-refractivity contribution in [2.45, 2.75) is 70.7 Å². The summed E-state index contributed by atoms with van der Waals surface area (Å²) in [4.78, 5) is 14.8. The zero-order valence-corrected chi connectivity index (χ0v) is 22.1. The Labute approximate surface area is 200 Å². The van der Waals surface area contributed by atoms with Gasteiger partial charge in [-0.1, -0.05) is 81.4 Å². The summed E-state index contributed by atoms with van der Waals surface area (Å²) in [5, 5.41) is 2.36. The van der Waals surface area contributed by atoms with Crippen LogP contribution >= 0.6 is 0 Å². The van der Waals surface area contributed by atoms with Crippen LogP contribution in [0.1, 0.15) is 48.0 Å². The van der Waals surface area contributed by atoms with Gasteiger partial charge in [0.05, 0.1) is 18.8 Å². The van der Waals surface area contributed by atoms with E-state index < -0.39 is 13.9 Å². The number of carbonyl (C=O) groups is 1. The number of likely N-dealkylation sites (tertiary alicyclic amines) is 1. The van der Waals surface area contributed by atoms with Crippen LogP contribution in [0.5, 0.6) is 0 Å². The number of rotatable bonds is 6. The molecule has 2 aromatic carbocycles. The fraction of sp³-hybridized carbons (Fsp3) is 0.519. The lowest BCUT2D eigenvalue weighted by Crippen LogP contribution is -2.67. The molecule has 0 spiro atoms. The van der Waals surface area contributed by atoms with Crippen LogP contribution in [0.25, 0.3) is 0 Å². The molecule has 2 aromatic rings. The van der Waals surface area contributed by atoms with Crippen molar-refractivity contribution in [3.8, 4) is 0 Å². The van der Waals surface area contributed by atoms with Crippen molar-refractivity contribution < 1.29 is 18.7 Å². The van der Waals surface area contributed by atoms with Gasteiger partial charge in [0.1, 0.15) is 5.60 Å². The zero-order valence-electron chi connectivity index (χ0n) is 21.1. The van der Waals surface area contributed by atoms with E-state index in [-0.39, 0.29) is 23.3 Å². The fourth-order valence-corrected chi connectivity index (χ4v) is 9.48. The molecule has 1 fully saturated rings. The minimum absolute atomic E-state index is 0.0759. The first-order valence-electron chi connectivity index (χ1n) is 11.8. The van der Waals surface area contributed by atoms with Crippen molar-refractivity contribution in [2.75, 3.05) is 20.3 Å². The highest BCUT2D eigenvalue weighted by atomic mass is 28.4. The third-order valence-corrected chi connectivity index (χ3v) is 11.2. The highest BCUT2D eigenvalue weighted by Gasteiger charge is 2.53. The van der Waals surface area contributed by atoms with Gasteiger partial charge in [0, 0.05) is 13.7 Å². The summed E-state index contributed by atoms with van der Waals surface area (Å²) in [6.45, 7) is 13.4. The van der Waals surface area contributed by atoms with Gasteiger partial charge in [0.15, 0.2) is 0 Å². The average molecular weight is 470 g/mol. The molecule has 2 unspecified atom stereocenters. The van der Waals surface area contributed by atoms with E-state index in [1.807, 2.05) is 32.9 Å². The fourth-order valence-electron chi connectivity index (χ4n) is 4.79. The molecule has 1 aliphatic heterocycles. The van der Waals surface area contributed by atoms with Gasteiger partial charge >= 0.3 is 6.09 Å². The number of methoxy groups -OCH3 is 1. The van der Waals surface area contributed by atoms with Gasteiger partial charge in [0.25, 0.3) is 8.32 Å². The summed E-state index contributed by atoms with van der Waals surface area (Å²) < 4.78 is 18.4. The molecular weight excluding hydrogens is 430 g/mol. The Morgan fingerprint density at radius 2 is 1.45 bits per heavy atom. The Bertz CT molecular complexity index is 866. The van der Waals surface area contributed by atoms with Gasteiger partial charge < -0.3 is 18.8 Å². The summed E-state index contributed by atoms with van der Waals surface area (Å²) in [5.41, 5.74) is -0.550. The molecule has 1 amide bonds. The van der Waals surface area contributed by atoms with Gasteiger partial charge in [0.2, 0.25) is 0 Å². The second-order valence-corrected chi connectivity index (χ2v) is 15.1. The summed E-state index contributed by atoms with van der Waals surface area (Å²) in [6.07, 6.45) is 0.305. The molecule has 180 valence electrons. The summed E-state index contributed by atoms with van der Waals surface area (Å²) >= 11 is 0. The molecule has 1 heterocycles. The van der Waals surface area contributed by atoms with Crippen LogP contribution in [0.15, 0.2) is 60.7 Å². The van der Waals surface area contributed by atoms with Crippen molar-refractivity contribution in [3.63, 3.8) is 0 Å². The number of ether oxygens (including phenoxy) is 2. The average Bonchev–Trinajstić information content (AvgIpc) is 3.14. The molecular formula is C27H39NO4Si. The number of benzene rings is 2. The van der Waals surface area contributed by atoms with Crippen LogP contribution < -0.4 is 10.4 Å². The molecule has 2 atom stereocenters. The second kappa shape index (κ2) is 10.00. The Morgan fingerprint density at radius 1 is 0.939 bits per heavy atom. The normalized spacial score (nSPS) is 19.5. The predicted molar refractivity (Wildman–Crippen MR) is 136 cm³/mol. The lowest BCUT2D eigenvalue weighted by Gasteiger charge is -2.44. The maximum atomic E-state index is 13.0. The summed E-state index contributed by atoms with van der Waals surface area (Å²) in [7, 11) is -1.03. The lowest BCUT2D eigenvalue weighted by atomic mass is 10.2. The molecule has 1 aliphatic rings. The number of amides is 1. The Morgan fingerprint density at radius 3 is 1.88 bits per heavy atom. The van der Waals surface area contributed by atoms with Gasteiger partial charge in [-0.2, -0.15) is 0 Å². The van der Waals surface area contributed by atoms with E-state index in [0.29, 0.717) is 13.2 Å². The predicted octanol–water partition coefficient (Wildman–Crippen LogP) is 4.59. The van der Waals surface area contributed by atoms with Crippen LogP contribution in [0, 0.1) is 0 Å². The molecule has 0 bridgehead atoms. The summed E-state index contributed by atoms with van der Waals surface area (Å²) in [6, 6.07) is 21.1. The van der Waals surface area contributed by atoms with Crippen LogP contribution in [0.4, 0.5) is 4.79 Å². The van der Waals surface area contributed by atoms with E-state index in [1.165, 1.54) is 10.4 Å². The van der Waals surface area contributed by atoms with Crippen LogP contribution in [-0.4, -0.2) is 57.3 Å². The van der Waals surface area contributed by atoms with Gasteiger partial charge in [-0.25, -0.2) is 4.79 Å². The smallest absolute Gasteiger partial charge is 0.410 e. The van der Waals surface area contributed by atoms with Crippen molar-refractivity contribution in [1.29, 1.82) is 0 Å². The SMILES string of the molecule is COCC1CC(O[Si](c2ccccc2)(c2ccccc2)C(C)(C)C)CN1C(=O)OC(C)(C)C. The van der Waals surface area contributed by atoms with Crippen molar-refractivity contribution in [1.82, 2.24) is 4.90 Å². The molecule has 0 aliphatic carbocycles. The number of nitrogens with zero attached hydrogens (tertiary/aromatic N) is 1. The van der Waals surface area contributed by atoms with E-state index in [1.54, 1.807) is 12.0 Å². The van der Waals surface area contributed by atoms with E-state index >= 15 is 0 Å². The second-order valence-electron chi connectivity index (χ2n) is 10.9. The highest BCUT2D eigenvalue weighted by molar-refractivity contribution is 6.99. The van der Waals surface area contributed by atoms with Crippen LogP contribution in [0.2, 0.25) is 5.04 Å². The minimum atomic E-state index is -2.70. The number of hydrogen-bond donors (Lipinski definition) is 0. The quantitative estimate of drug-likeness (QED) is 0.581. The van der Waals surface area contributed by atoms with Crippen molar-refractivity contribution >= 4 is 24.8 Å². The van der Waals surface area contributed by atoms with E-state index in [0.717, 1.165) is 6.42 Å². The number of hydrogen-bond acceptors (Lipinski definition) is 4. The maximum Gasteiger partial charge on any atom is 0.410 e. The Balaban J connectivity index is 2.01. The maximum absolute atomic E-state index is 13.0. The van der Waals surface area contributed by atoms with Gasteiger partial charge in [-0.3, -0.25) is 0 Å². The monoisotopic (exact) mass is 469 g/mol. The molecule has 0 N–H and O–H groups in total. The first-order valence-corrected chi connectivity index (χ1v) is 13.7. The molecule has 3 rings (SSSR count). The van der Waals surface area contributed by atoms with Crippen LogP contribution in [0.3, 0.4) is 0 Å². The van der Waals surface area contributed by atoms with Gasteiger partial charge in [-0.05, 0) is 42.6 Å². The summed E-state index contributed by atoms with van der Waals surface area (Å²) in [5.74, 6) is 0. The third kappa shape index (κ3) is 5.68. The molecule has 6 heteroatoms. The zero-order chi connectivity index (χ0) is 24.3. The first-order chi connectivity index (χ1) is 15.5. The topological polar surface area (TPSA) is 48.0 Å². The molecule has 0 aromatic heterocycles. The largest absolute Gasteiger partial charge is 0.444 e. The molecule has 0 radical (unpaired) electrons. The van der Waals surface area contributed by atoms with Crippen LogP contribution in [-0.2, 0) is 13.9 Å². The Kier molecular flexibility index (Phi) is 7.71. The van der Waals surface area contributed by atoms with E-state index in [2.05, 4.69) is 69.3 Å². The van der Waals surface area contributed by atoms with E-state index in [4.69, 9.17) is 13.9 Å². The number of carbonyl (C=O) groups excluding carboxylic acids is 1. The molecule has 5 nitrogen and oxygen atoms in total. The molecule has 0 saturated carbocycles. The Hall–Kier alpha value is -2.15. The highest BCUT2D eigenvalue weighted by Crippen LogP contribution is 2.39. The lowest BCUT2D eigenvalue weighted by molar-refractivity contribution is 0.0139. The van der Waals surface area contributed by atoms with Crippen molar-refractivity contribution in [2.24, 2.45) is 0 Å². The third-order valence-electron chi connectivity index (χ3n) is 6.12. The first kappa shape index (κ1) is 25.5.